The maximum atomic E-state index is 14.2. The number of nitrogens with zero attached hydrogens (tertiary/aromatic N) is 2. The van der Waals surface area contributed by atoms with Crippen LogP contribution in [0.3, 0.4) is 0 Å². The Morgan fingerprint density at radius 1 is 1.04 bits per heavy atom. The average molecular weight is 882 g/mol. The molecule has 1 atom stereocenters. The van der Waals surface area contributed by atoms with Crippen molar-refractivity contribution in [2.75, 3.05) is 26.9 Å². The fourth-order valence-electron chi connectivity index (χ4n) is 5.07. The van der Waals surface area contributed by atoms with Crippen LogP contribution in [0.2, 0.25) is 5.02 Å². The highest BCUT2D eigenvalue weighted by Gasteiger charge is 2.34. The fourth-order valence-corrected chi connectivity index (χ4v) is 7.47. The highest BCUT2D eigenvalue weighted by molar-refractivity contribution is 14.1. The molecule has 0 saturated heterocycles. The number of halogens is 3. The molecule has 1 aliphatic rings. The van der Waals surface area contributed by atoms with Gasteiger partial charge in [0.1, 0.15) is 6.61 Å². The van der Waals surface area contributed by atoms with Crippen LogP contribution in [0, 0.1) is 3.57 Å². The van der Waals surface area contributed by atoms with E-state index in [0.29, 0.717) is 66.1 Å². The first kappa shape index (κ1) is 36.6. The molecule has 1 aliphatic heterocycles. The number of aromatic nitrogens is 1. The molecule has 0 spiro atoms. The first-order valence-electron chi connectivity index (χ1n) is 15.1. The Balaban J connectivity index is 1.56. The highest BCUT2D eigenvalue weighted by Crippen LogP contribution is 2.37. The Hall–Kier alpha value is -3.66. The Kier molecular flexibility index (Phi) is 12.2. The molecule has 10 nitrogen and oxygen atoms in total. The number of fused-ring (bicyclic) bond motifs is 1. The second-order valence-electron chi connectivity index (χ2n) is 10.5. The molecule has 0 N–H and O–H groups in total. The van der Waals surface area contributed by atoms with Crippen molar-refractivity contribution >= 4 is 79.5 Å². The summed E-state index contributed by atoms with van der Waals surface area (Å²) in [5.74, 6) is -0.0385. The third kappa shape index (κ3) is 8.39. The van der Waals surface area contributed by atoms with E-state index in [4.69, 9.17) is 30.5 Å². The summed E-state index contributed by atoms with van der Waals surface area (Å²) in [4.78, 5) is 44.3. The molecule has 0 radical (unpaired) electrons. The van der Waals surface area contributed by atoms with E-state index < -0.39 is 18.0 Å². The molecule has 0 fully saturated rings. The van der Waals surface area contributed by atoms with Gasteiger partial charge < -0.3 is 23.7 Å². The van der Waals surface area contributed by atoms with Crippen molar-refractivity contribution in [2.24, 2.45) is 4.99 Å². The molecule has 0 aliphatic carbocycles. The van der Waals surface area contributed by atoms with Crippen molar-refractivity contribution < 1.29 is 33.3 Å². The minimum Gasteiger partial charge on any atom is -0.490 e. The number of esters is 2. The molecule has 5 rings (SSSR count). The third-order valence-electron chi connectivity index (χ3n) is 7.29. The van der Waals surface area contributed by atoms with Gasteiger partial charge in [-0.15, -0.1) is 0 Å². The Labute approximate surface area is 313 Å². The predicted octanol–water partition coefficient (Wildman–Crippen LogP) is 6.35. The van der Waals surface area contributed by atoms with Gasteiger partial charge in [-0.25, -0.2) is 14.6 Å². The minimum absolute atomic E-state index is 0.136. The molecule has 3 aromatic carbocycles. The first-order chi connectivity index (χ1) is 23.5. The molecular weight excluding hydrogens is 851 g/mol. The Morgan fingerprint density at radius 3 is 2.47 bits per heavy atom. The summed E-state index contributed by atoms with van der Waals surface area (Å²) in [6, 6.07) is 15.7. The lowest BCUT2D eigenvalue weighted by Crippen LogP contribution is -2.40. The van der Waals surface area contributed by atoms with Crippen molar-refractivity contribution in [3.63, 3.8) is 0 Å². The van der Waals surface area contributed by atoms with Gasteiger partial charge in [0.05, 0.1) is 51.7 Å². The Bertz CT molecular complexity index is 2090. The van der Waals surface area contributed by atoms with Crippen LogP contribution in [0.25, 0.3) is 6.08 Å². The molecule has 2 heterocycles. The molecule has 14 heteroatoms. The third-order valence-corrected chi connectivity index (χ3v) is 9.86. The second-order valence-corrected chi connectivity index (χ2v) is 14.1. The standard InChI is InChI=1S/C35H31BrClIN2O8S/c1-5-45-27-16-22(9-12-26(27)47-18-29(41)44-4)31-30(34(43)46-6-2)19(3)39-35-40(31)33(42)28(49-35)15-21-13-24(36)32(25(37)14-21)48-17-20-7-10-23(38)11-8-20/h7-16,31H,5-6,17-18H2,1-4H3/b28-15-/t31-/m1/s1. The maximum Gasteiger partial charge on any atom is 0.343 e. The summed E-state index contributed by atoms with van der Waals surface area (Å²) in [5.41, 5.74) is 2.48. The van der Waals surface area contributed by atoms with E-state index in [1.165, 1.54) is 23.0 Å². The number of hydrogen-bond donors (Lipinski definition) is 0. The number of ether oxygens (including phenoxy) is 5. The quantitative estimate of drug-likeness (QED) is 0.120. The fraction of sp³-hybridized carbons (Fsp3) is 0.257. The van der Waals surface area contributed by atoms with E-state index in [0.717, 1.165) is 9.13 Å². The van der Waals surface area contributed by atoms with Gasteiger partial charge in [0.15, 0.2) is 28.7 Å². The van der Waals surface area contributed by atoms with Crippen LogP contribution < -0.4 is 29.1 Å². The van der Waals surface area contributed by atoms with Crippen molar-refractivity contribution in [1.82, 2.24) is 4.57 Å². The largest absolute Gasteiger partial charge is 0.490 e. The van der Waals surface area contributed by atoms with E-state index in [1.54, 1.807) is 51.1 Å². The molecular formula is C35H31BrClIN2O8S. The lowest BCUT2D eigenvalue weighted by Gasteiger charge is -2.25. The number of rotatable bonds is 12. The summed E-state index contributed by atoms with van der Waals surface area (Å²) < 4.78 is 31.2. The lowest BCUT2D eigenvalue weighted by atomic mass is 9.95. The maximum absolute atomic E-state index is 14.2. The Morgan fingerprint density at radius 2 is 1.80 bits per heavy atom. The number of methoxy groups -OCH3 is 1. The van der Waals surface area contributed by atoms with E-state index in [2.05, 4.69) is 48.3 Å². The number of benzene rings is 3. The summed E-state index contributed by atoms with van der Waals surface area (Å²) in [6.07, 6.45) is 1.72. The van der Waals surface area contributed by atoms with Crippen LogP contribution in [-0.2, 0) is 25.7 Å². The van der Waals surface area contributed by atoms with Crippen LogP contribution >= 0.6 is 61.5 Å². The molecule has 4 aromatic rings. The smallest absolute Gasteiger partial charge is 0.343 e. The van der Waals surface area contributed by atoms with Crippen molar-refractivity contribution in [3.8, 4) is 17.2 Å². The molecule has 1 aromatic heterocycles. The SMILES string of the molecule is CCOC(=O)C1=C(C)N=c2s/c(=C\c3cc(Cl)c(OCc4ccc(I)cc4)c(Br)c3)c(=O)n2[C@@H]1c1ccc(OCC(=O)OC)c(OCC)c1. The molecule has 0 bridgehead atoms. The first-order valence-corrected chi connectivity index (χ1v) is 18.1. The zero-order chi connectivity index (χ0) is 35.2. The molecule has 0 saturated carbocycles. The van der Waals surface area contributed by atoms with Gasteiger partial charge in [0.25, 0.3) is 5.56 Å². The van der Waals surface area contributed by atoms with Gasteiger partial charge >= 0.3 is 11.9 Å². The van der Waals surface area contributed by atoms with Crippen LogP contribution in [0.4, 0.5) is 0 Å². The van der Waals surface area contributed by atoms with E-state index >= 15 is 0 Å². The van der Waals surface area contributed by atoms with E-state index in [9.17, 15) is 14.4 Å². The van der Waals surface area contributed by atoms with Crippen molar-refractivity contribution in [1.29, 1.82) is 0 Å². The number of allylic oxidation sites excluding steroid dienone is 1. The second kappa shape index (κ2) is 16.4. The highest BCUT2D eigenvalue weighted by atomic mass is 127. The number of carbonyl (C=O) groups excluding carboxylic acids is 2. The molecule has 0 amide bonds. The van der Waals surface area contributed by atoms with Crippen LogP contribution in [0.1, 0.15) is 43.5 Å². The zero-order valence-corrected chi connectivity index (χ0v) is 32.2. The van der Waals surface area contributed by atoms with Gasteiger partial charge in [-0.3, -0.25) is 9.36 Å². The molecule has 256 valence electrons. The number of carbonyl (C=O) groups is 2. The predicted molar refractivity (Wildman–Crippen MR) is 198 cm³/mol. The van der Waals surface area contributed by atoms with Gasteiger partial charge in [-0.2, -0.15) is 0 Å². The van der Waals surface area contributed by atoms with Gasteiger partial charge in [0, 0.05) is 3.57 Å². The summed E-state index contributed by atoms with van der Waals surface area (Å²) in [6.45, 7) is 5.67. The number of hydrogen-bond acceptors (Lipinski definition) is 10. The topological polar surface area (TPSA) is 115 Å². The summed E-state index contributed by atoms with van der Waals surface area (Å²) in [7, 11) is 1.27. The van der Waals surface area contributed by atoms with E-state index in [1.807, 2.05) is 30.3 Å². The van der Waals surface area contributed by atoms with E-state index in [-0.39, 0.29) is 24.3 Å². The van der Waals surface area contributed by atoms with Crippen LogP contribution in [0.5, 0.6) is 17.2 Å². The van der Waals surface area contributed by atoms with Crippen molar-refractivity contribution in [3.05, 3.63) is 115 Å². The van der Waals surface area contributed by atoms with Gasteiger partial charge in [-0.05, 0) is 118 Å². The molecule has 49 heavy (non-hydrogen) atoms. The van der Waals surface area contributed by atoms with Gasteiger partial charge in [-0.1, -0.05) is 41.1 Å². The van der Waals surface area contributed by atoms with Gasteiger partial charge in [0.2, 0.25) is 0 Å². The monoisotopic (exact) mass is 880 g/mol. The summed E-state index contributed by atoms with van der Waals surface area (Å²) >= 11 is 13.7. The van der Waals surface area contributed by atoms with Crippen LogP contribution in [0.15, 0.2) is 80.1 Å². The average Bonchev–Trinajstić information content (AvgIpc) is 3.37. The number of thiazole rings is 1. The molecule has 0 unspecified atom stereocenters. The summed E-state index contributed by atoms with van der Waals surface area (Å²) in [5, 5.41) is 0.371. The zero-order valence-electron chi connectivity index (χ0n) is 26.9. The van der Waals surface area contributed by atoms with Crippen LogP contribution in [-0.4, -0.2) is 43.4 Å². The lowest BCUT2D eigenvalue weighted by molar-refractivity contribution is -0.143. The normalized spacial score (nSPS) is 14.2. The van der Waals surface area contributed by atoms with Crippen molar-refractivity contribution in [2.45, 2.75) is 33.4 Å². The minimum atomic E-state index is -0.890.